The summed E-state index contributed by atoms with van der Waals surface area (Å²) < 4.78 is 0. The maximum absolute atomic E-state index is 5.97. The molecule has 0 amide bonds. The average Bonchev–Trinajstić information content (AvgIpc) is 3.08. The van der Waals surface area contributed by atoms with Crippen molar-refractivity contribution in [3.05, 3.63) is 48.0 Å². The van der Waals surface area contributed by atoms with Crippen LogP contribution in [0.5, 0.6) is 0 Å². The first-order valence-corrected chi connectivity index (χ1v) is 6.00. The van der Waals surface area contributed by atoms with E-state index in [9.17, 15) is 0 Å². The molecule has 3 unspecified atom stereocenters. The Bertz CT molecular complexity index is 510. The maximum atomic E-state index is 5.97. The van der Waals surface area contributed by atoms with Gasteiger partial charge in [-0.1, -0.05) is 42.5 Å². The average molecular weight is 211 g/mol. The summed E-state index contributed by atoms with van der Waals surface area (Å²) in [6.45, 7) is 2.12. The molecule has 0 radical (unpaired) electrons. The predicted octanol–water partition coefficient (Wildman–Crippen LogP) is 3.29. The largest absolute Gasteiger partial charge is 0.328 e. The van der Waals surface area contributed by atoms with E-state index in [0.717, 1.165) is 0 Å². The van der Waals surface area contributed by atoms with Gasteiger partial charge in [-0.2, -0.15) is 0 Å². The van der Waals surface area contributed by atoms with E-state index in [1.165, 1.54) is 22.8 Å². The van der Waals surface area contributed by atoms with Crippen LogP contribution in [0.4, 0.5) is 0 Å². The molecule has 1 heteroatoms. The molecule has 0 heterocycles. The Morgan fingerprint density at radius 3 is 2.62 bits per heavy atom. The molecule has 0 aromatic heterocycles. The molecule has 3 atom stereocenters. The number of nitrogens with two attached hydrogens (primary N) is 1. The van der Waals surface area contributed by atoms with Crippen LogP contribution in [0, 0.1) is 5.92 Å². The minimum Gasteiger partial charge on any atom is -0.328 e. The van der Waals surface area contributed by atoms with Gasteiger partial charge in [0, 0.05) is 6.04 Å². The van der Waals surface area contributed by atoms with E-state index in [1.807, 2.05) is 0 Å². The lowest BCUT2D eigenvalue weighted by Gasteiger charge is -2.07. The van der Waals surface area contributed by atoms with Crippen molar-refractivity contribution in [2.45, 2.75) is 25.3 Å². The summed E-state index contributed by atoms with van der Waals surface area (Å²) in [6.07, 6.45) is 1.26. The minimum absolute atomic E-state index is 0.323. The number of hydrogen-bond acceptors (Lipinski definition) is 1. The van der Waals surface area contributed by atoms with Crippen LogP contribution in [-0.4, -0.2) is 6.04 Å². The first-order valence-electron chi connectivity index (χ1n) is 6.00. The number of hydrogen-bond donors (Lipinski definition) is 1. The van der Waals surface area contributed by atoms with Gasteiger partial charge in [0.1, 0.15) is 0 Å². The number of rotatable bonds is 2. The van der Waals surface area contributed by atoms with E-state index in [0.29, 0.717) is 17.9 Å². The lowest BCUT2D eigenvalue weighted by Crippen LogP contribution is -2.17. The highest BCUT2D eigenvalue weighted by Gasteiger charge is 2.41. The van der Waals surface area contributed by atoms with Crippen molar-refractivity contribution < 1.29 is 0 Å². The van der Waals surface area contributed by atoms with E-state index in [1.54, 1.807) is 0 Å². The van der Waals surface area contributed by atoms with Crippen LogP contribution in [0.2, 0.25) is 0 Å². The number of fused-ring (bicyclic) bond motifs is 1. The van der Waals surface area contributed by atoms with Gasteiger partial charge >= 0.3 is 0 Å². The lowest BCUT2D eigenvalue weighted by atomic mass is 9.99. The molecule has 1 aliphatic carbocycles. The molecule has 0 aliphatic heterocycles. The highest BCUT2D eigenvalue weighted by Crippen LogP contribution is 2.50. The Kier molecular flexibility index (Phi) is 2.22. The third-order valence-electron chi connectivity index (χ3n) is 3.74. The second-order valence-electron chi connectivity index (χ2n) is 4.93. The molecule has 1 fully saturated rings. The molecular formula is C15H17N. The molecule has 1 aliphatic rings. The molecule has 82 valence electrons. The standard InChI is InChI=1S/C15H17N/c1-10(16)14-9-15(14)13-8-4-6-11-5-2-3-7-12(11)13/h2-8,10,14-15H,9,16H2,1H3. The van der Waals surface area contributed by atoms with Crippen LogP contribution in [0.25, 0.3) is 10.8 Å². The first-order chi connectivity index (χ1) is 7.77. The van der Waals surface area contributed by atoms with Crippen LogP contribution in [0.1, 0.15) is 24.8 Å². The molecule has 0 spiro atoms. The van der Waals surface area contributed by atoms with Crippen molar-refractivity contribution in [3.8, 4) is 0 Å². The highest BCUT2D eigenvalue weighted by molar-refractivity contribution is 5.86. The second-order valence-corrected chi connectivity index (χ2v) is 4.93. The van der Waals surface area contributed by atoms with Crippen LogP contribution in [0.15, 0.2) is 42.5 Å². The Morgan fingerprint density at radius 2 is 1.88 bits per heavy atom. The Balaban J connectivity index is 2.05. The van der Waals surface area contributed by atoms with E-state index >= 15 is 0 Å². The van der Waals surface area contributed by atoms with Crippen molar-refractivity contribution in [1.29, 1.82) is 0 Å². The lowest BCUT2D eigenvalue weighted by molar-refractivity contribution is 0.632. The second kappa shape index (κ2) is 3.60. The minimum atomic E-state index is 0.323. The van der Waals surface area contributed by atoms with Gasteiger partial charge in [-0.05, 0) is 41.5 Å². The number of benzene rings is 2. The van der Waals surface area contributed by atoms with E-state index in [4.69, 9.17) is 5.73 Å². The molecule has 2 aromatic carbocycles. The van der Waals surface area contributed by atoms with Gasteiger partial charge in [0.15, 0.2) is 0 Å². The van der Waals surface area contributed by atoms with Crippen LogP contribution in [-0.2, 0) is 0 Å². The van der Waals surface area contributed by atoms with Crippen molar-refractivity contribution >= 4 is 10.8 Å². The molecule has 2 N–H and O–H groups in total. The zero-order valence-corrected chi connectivity index (χ0v) is 9.56. The van der Waals surface area contributed by atoms with Gasteiger partial charge < -0.3 is 5.73 Å². The first kappa shape index (κ1) is 9.86. The quantitative estimate of drug-likeness (QED) is 0.810. The molecule has 0 bridgehead atoms. The van der Waals surface area contributed by atoms with Gasteiger partial charge in [-0.15, -0.1) is 0 Å². The summed E-state index contributed by atoms with van der Waals surface area (Å²) in [5.41, 5.74) is 7.46. The zero-order valence-electron chi connectivity index (χ0n) is 9.56. The van der Waals surface area contributed by atoms with Crippen LogP contribution >= 0.6 is 0 Å². The van der Waals surface area contributed by atoms with Crippen molar-refractivity contribution in [2.24, 2.45) is 11.7 Å². The fourth-order valence-electron chi connectivity index (χ4n) is 2.73. The van der Waals surface area contributed by atoms with Crippen molar-refractivity contribution in [3.63, 3.8) is 0 Å². The fourth-order valence-corrected chi connectivity index (χ4v) is 2.73. The summed E-state index contributed by atoms with van der Waals surface area (Å²) >= 11 is 0. The highest BCUT2D eigenvalue weighted by atomic mass is 14.7. The van der Waals surface area contributed by atoms with Gasteiger partial charge in [0.05, 0.1) is 0 Å². The maximum Gasteiger partial charge on any atom is 0.00448 e. The third kappa shape index (κ3) is 1.52. The summed E-state index contributed by atoms with van der Waals surface area (Å²) in [7, 11) is 0. The van der Waals surface area contributed by atoms with E-state index in [-0.39, 0.29) is 0 Å². The van der Waals surface area contributed by atoms with Crippen LogP contribution in [0.3, 0.4) is 0 Å². The molecule has 0 saturated heterocycles. The van der Waals surface area contributed by atoms with Gasteiger partial charge in [0.25, 0.3) is 0 Å². The summed E-state index contributed by atoms with van der Waals surface area (Å²) in [5, 5.41) is 2.74. The molecule has 1 nitrogen and oxygen atoms in total. The summed E-state index contributed by atoms with van der Waals surface area (Å²) in [6, 6.07) is 15.6. The topological polar surface area (TPSA) is 26.0 Å². The molecule has 16 heavy (non-hydrogen) atoms. The molecule has 2 aromatic rings. The van der Waals surface area contributed by atoms with Gasteiger partial charge in [0.2, 0.25) is 0 Å². The monoisotopic (exact) mass is 211 g/mol. The van der Waals surface area contributed by atoms with Gasteiger partial charge in [-0.25, -0.2) is 0 Å². The fraction of sp³-hybridized carbons (Fsp3) is 0.333. The predicted molar refractivity (Wildman–Crippen MR) is 68.4 cm³/mol. The van der Waals surface area contributed by atoms with E-state index < -0.39 is 0 Å². The van der Waals surface area contributed by atoms with Crippen molar-refractivity contribution in [1.82, 2.24) is 0 Å². The third-order valence-corrected chi connectivity index (χ3v) is 3.74. The Hall–Kier alpha value is -1.34. The summed E-state index contributed by atoms with van der Waals surface area (Å²) in [4.78, 5) is 0. The van der Waals surface area contributed by atoms with Gasteiger partial charge in [-0.3, -0.25) is 0 Å². The Morgan fingerprint density at radius 1 is 1.12 bits per heavy atom. The molecule has 3 rings (SSSR count). The SMILES string of the molecule is CC(N)C1CC1c1cccc2ccccc12. The van der Waals surface area contributed by atoms with Crippen molar-refractivity contribution in [2.75, 3.05) is 0 Å². The normalized spacial score (nSPS) is 25.6. The summed E-state index contributed by atoms with van der Waals surface area (Å²) in [5.74, 6) is 1.37. The van der Waals surface area contributed by atoms with Crippen LogP contribution < -0.4 is 5.73 Å². The smallest absolute Gasteiger partial charge is 0.00448 e. The zero-order chi connectivity index (χ0) is 11.1. The molecular weight excluding hydrogens is 194 g/mol. The molecule has 1 saturated carbocycles. The Labute approximate surface area is 96.3 Å². The van der Waals surface area contributed by atoms with E-state index in [2.05, 4.69) is 49.4 Å².